The Kier molecular flexibility index (Phi) is 4.25. The molecule has 0 saturated heterocycles. The van der Waals surface area contributed by atoms with Crippen LogP contribution in [-0.2, 0) is 9.47 Å². The number of rotatable bonds is 4. The summed E-state index contributed by atoms with van der Waals surface area (Å²) in [6, 6.07) is 0. The van der Waals surface area contributed by atoms with E-state index < -0.39 is 0 Å². The molecule has 3 heteroatoms. The molecule has 0 spiro atoms. The standard InChI is InChI=1S/C10H18O3/c1-3-13-7-8-4-5-10(12-2)9(11)6-8/h3,8-11H,1,4-7H2,2H3. The van der Waals surface area contributed by atoms with Gasteiger partial charge in [0, 0.05) is 7.11 Å². The van der Waals surface area contributed by atoms with Crippen molar-refractivity contribution in [1.29, 1.82) is 0 Å². The first-order valence-electron chi connectivity index (χ1n) is 4.71. The molecular formula is C10H18O3. The van der Waals surface area contributed by atoms with Crippen LogP contribution in [0.15, 0.2) is 12.8 Å². The van der Waals surface area contributed by atoms with Crippen LogP contribution < -0.4 is 0 Å². The van der Waals surface area contributed by atoms with Gasteiger partial charge >= 0.3 is 0 Å². The number of aliphatic hydroxyl groups excluding tert-OH is 1. The van der Waals surface area contributed by atoms with Crippen molar-refractivity contribution in [1.82, 2.24) is 0 Å². The highest BCUT2D eigenvalue weighted by molar-refractivity contribution is 4.80. The Balaban J connectivity index is 2.28. The molecular weight excluding hydrogens is 168 g/mol. The van der Waals surface area contributed by atoms with Crippen molar-refractivity contribution in [3.05, 3.63) is 12.8 Å². The van der Waals surface area contributed by atoms with Crippen molar-refractivity contribution in [2.75, 3.05) is 13.7 Å². The second-order valence-electron chi connectivity index (χ2n) is 3.52. The molecule has 0 radical (unpaired) electrons. The van der Waals surface area contributed by atoms with E-state index in [1.54, 1.807) is 7.11 Å². The number of ether oxygens (including phenoxy) is 2. The van der Waals surface area contributed by atoms with Gasteiger partial charge in [-0.3, -0.25) is 0 Å². The molecule has 0 amide bonds. The molecule has 1 aliphatic carbocycles. The SMILES string of the molecule is C=COCC1CCC(OC)C(O)C1. The summed E-state index contributed by atoms with van der Waals surface area (Å²) in [5.74, 6) is 0.444. The molecule has 1 saturated carbocycles. The second kappa shape index (κ2) is 5.25. The van der Waals surface area contributed by atoms with Crippen LogP contribution >= 0.6 is 0 Å². The Morgan fingerprint density at radius 2 is 2.31 bits per heavy atom. The van der Waals surface area contributed by atoms with Gasteiger partial charge in [0.05, 0.1) is 25.1 Å². The minimum Gasteiger partial charge on any atom is -0.502 e. The predicted octanol–water partition coefficient (Wildman–Crippen LogP) is 1.32. The Hall–Kier alpha value is -0.540. The fraction of sp³-hybridized carbons (Fsp3) is 0.800. The zero-order valence-corrected chi connectivity index (χ0v) is 8.11. The molecule has 3 unspecified atom stereocenters. The van der Waals surface area contributed by atoms with Crippen molar-refractivity contribution >= 4 is 0 Å². The van der Waals surface area contributed by atoms with E-state index in [-0.39, 0.29) is 12.2 Å². The van der Waals surface area contributed by atoms with E-state index in [1.807, 2.05) is 0 Å². The summed E-state index contributed by atoms with van der Waals surface area (Å²) in [6.07, 6.45) is 3.88. The summed E-state index contributed by atoms with van der Waals surface area (Å²) >= 11 is 0. The molecule has 3 atom stereocenters. The van der Waals surface area contributed by atoms with E-state index in [4.69, 9.17) is 9.47 Å². The van der Waals surface area contributed by atoms with Crippen LogP contribution in [0.25, 0.3) is 0 Å². The zero-order chi connectivity index (χ0) is 9.68. The van der Waals surface area contributed by atoms with Gasteiger partial charge in [0.2, 0.25) is 0 Å². The normalized spacial score (nSPS) is 34.2. The lowest BCUT2D eigenvalue weighted by Gasteiger charge is -2.31. The maximum absolute atomic E-state index is 9.63. The Morgan fingerprint density at radius 1 is 1.54 bits per heavy atom. The van der Waals surface area contributed by atoms with Crippen molar-refractivity contribution in [2.24, 2.45) is 5.92 Å². The molecule has 0 aromatic carbocycles. The van der Waals surface area contributed by atoms with Crippen molar-refractivity contribution in [3.63, 3.8) is 0 Å². The van der Waals surface area contributed by atoms with E-state index in [0.717, 1.165) is 19.3 Å². The van der Waals surface area contributed by atoms with E-state index >= 15 is 0 Å². The van der Waals surface area contributed by atoms with Crippen LogP contribution in [0.5, 0.6) is 0 Å². The third kappa shape index (κ3) is 3.01. The largest absolute Gasteiger partial charge is 0.502 e. The highest BCUT2D eigenvalue weighted by atomic mass is 16.5. The van der Waals surface area contributed by atoms with Gasteiger partial charge in [0.25, 0.3) is 0 Å². The van der Waals surface area contributed by atoms with Gasteiger partial charge in [-0.15, -0.1) is 0 Å². The first kappa shape index (κ1) is 10.5. The van der Waals surface area contributed by atoms with Gasteiger partial charge in [0.15, 0.2) is 0 Å². The first-order chi connectivity index (χ1) is 6.27. The summed E-state index contributed by atoms with van der Waals surface area (Å²) in [4.78, 5) is 0. The topological polar surface area (TPSA) is 38.7 Å². The number of hydrogen-bond donors (Lipinski definition) is 1. The molecule has 0 heterocycles. The minimum absolute atomic E-state index is 0.0139. The molecule has 1 rings (SSSR count). The highest BCUT2D eigenvalue weighted by Gasteiger charge is 2.28. The maximum Gasteiger partial charge on any atom is 0.0902 e. The number of methoxy groups -OCH3 is 1. The monoisotopic (exact) mass is 186 g/mol. The summed E-state index contributed by atoms with van der Waals surface area (Å²) in [5.41, 5.74) is 0. The van der Waals surface area contributed by atoms with E-state index in [9.17, 15) is 5.11 Å². The minimum atomic E-state index is -0.336. The quantitative estimate of drug-likeness (QED) is 0.673. The van der Waals surface area contributed by atoms with Crippen LogP contribution in [0.1, 0.15) is 19.3 Å². The van der Waals surface area contributed by atoms with Crippen LogP contribution in [0.3, 0.4) is 0 Å². The third-order valence-electron chi connectivity index (χ3n) is 2.62. The van der Waals surface area contributed by atoms with Crippen molar-refractivity contribution < 1.29 is 14.6 Å². The molecule has 0 aromatic rings. The van der Waals surface area contributed by atoms with Gasteiger partial charge in [-0.05, 0) is 25.2 Å². The van der Waals surface area contributed by atoms with E-state index in [1.165, 1.54) is 6.26 Å². The van der Waals surface area contributed by atoms with Gasteiger partial charge in [0.1, 0.15) is 0 Å². The molecule has 3 nitrogen and oxygen atoms in total. The van der Waals surface area contributed by atoms with Crippen molar-refractivity contribution in [2.45, 2.75) is 31.5 Å². The van der Waals surface area contributed by atoms with E-state index in [0.29, 0.717) is 12.5 Å². The lowest BCUT2D eigenvalue weighted by molar-refractivity contribution is -0.0564. The average molecular weight is 186 g/mol. The molecule has 1 fully saturated rings. The van der Waals surface area contributed by atoms with Gasteiger partial charge in [-0.2, -0.15) is 0 Å². The van der Waals surface area contributed by atoms with Crippen LogP contribution in [-0.4, -0.2) is 31.0 Å². The molecule has 0 bridgehead atoms. The van der Waals surface area contributed by atoms with Crippen LogP contribution in [0, 0.1) is 5.92 Å². The Morgan fingerprint density at radius 3 is 2.85 bits per heavy atom. The summed E-state index contributed by atoms with van der Waals surface area (Å²) in [7, 11) is 1.65. The van der Waals surface area contributed by atoms with Crippen molar-refractivity contribution in [3.8, 4) is 0 Å². The average Bonchev–Trinajstić information content (AvgIpc) is 2.15. The third-order valence-corrected chi connectivity index (χ3v) is 2.62. The lowest BCUT2D eigenvalue weighted by atomic mass is 9.86. The van der Waals surface area contributed by atoms with Crippen LogP contribution in [0.2, 0.25) is 0 Å². The summed E-state index contributed by atoms with van der Waals surface area (Å²) in [5, 5.41) is 9.63. The Labute approximate surface area is 79.3 Å². The number of aliphatic hydroxyl groups is 1. The Bertz CT molecular complexity index is 158. The van der Waals surface area contributed by atoms with Gasteiger partial charge in [-0.25, -0.2) is 0 Å². The van der Waals surface area contributed by atoms with Gasteiger partial charge in [-0.1, -0.05) is 6.58 Å². The predicted molar refractivity (Wildman–Crippen MR) is 50.3 cm³/mol. The maximum atomic E-state index is 9.63. The smallest absolute Gasteiger partial charge is 0.0902 e. The fourth-order valence-electron chi connectivity index (χ4n) is 1.83. The highest BCUT2D eigenvalue weighted by Crippen LogP contribution is 2.26. The first-order valence-corrected chi connectivity index (χ1v) is 4.71. The fourth-order valence-corrected chi connectivity index (χ4v) is 1.83. The molecule has 76 valence electrons. The summed E-state index contributed by atoms with van der Waals surface area (Å²) in [6.45, 7) is 4.15. The molecule has 0 aromatic heterocycles. The molecule has 1 aliphatic rings. The molecule has 13 heavy (non-hydrogen) atoms. The van der Waals surface area contributed by atoms with E-state index in [2.05, 4.69) is 6.58 Å². The lowest BCUT2D eigenvalue weighted by Crippen LogP contribution is -2.36. The van der Waals surface area contributed by atoms with Gasteiger partial charge < -0.3 is 14.6 Å². The zero-order valence-electron chi connectivity index (χ0n) is 8.11. The second-order valence-corrected chi connectivity index (χ2v) is 3.52. The summed E-state index contributed by atoms with van der Waals surface area (Å²) < 4.78 is 10.2. The molecule has 1 N–H and O–H groups in total. The van der Waals surface area contributed by atoms with Crippen LogP contribution in [0.4, 0.5) is 0 Å². The number of hydrogen-bond acceptors (Lipinski definition) is 3. The molecule has 0 aliphatic heterocycles.